The molecule has 0 spiro atoms. The van der Waals surface area contributed by atoms with Gasteiger partial charge in [-0.25, -0.2) is 6.29 Å². The van der Waals surface area contributed by atoms with E-state index in [1.165, 1.54) is 0 Å². The van der Waals surface area contributed by atoms with Crippen molar-refractivity contribution in [2.24, 2.45) is 5.41 Å². The van der Waals surface area contributed by atoms with Gasteiger partial charge < -0.3 is 10.2 Å². The maximum absolute atomic E-state index is 9.99. The first-order valence-corrected chi connectivity index (χ1v) is 2.26. The summed E-state index contributed by atoms with van der Waals surface area (Å²) < 4.78 is 0. The molecule has 0 aromatic rings. The van der Waals surface area contributed by atoms with Crippen LogP contribution in [-0.2, 0) is 0 Å². The molecule has 4 heteroatoms. The van der Waals surface area contributed by atoms with Crippen LogP contribution in [0.5, 0.6) is 0 Å². The second kappa shape index (κ2) is 7.82. The first-order valence-electron chi connectivity index (χ1n) is 2.26. The smallest absolute Gasteiger partial charge is 0.865 e. The zero-order valence-electron chi connectivity index (χ0n) is 6.89. The van der Waals surface area contributed by atoms with Gasteiger partial charge in [0, 0.05) is 0 Å². The summed E-state index contributed by atoms with van der Waals surface area (Å²) in [5.41, 5.74) is -0.611. The molecule has 44 valence electrons. The zero-order valence-corrected chi connectivity index (χ0v) is 13.1. The second-order valence-corrected chi connectivity index (χ2v) is 2.70. The van der Waals surface area contributed by atoms with Crippen molar-refractivity contribution < 1.29 is 113 Å². The van der Waals surface area contributed by atoms with Crippen molar-refractivity contribution >= 4 is 0 Å². The largest absolute Gasteiger partial charge is 1.00 e. The summed E-state index contributed by atoms with van der Waals surface area (Å²) in [5, 5.41) is 20.0. The van der Waals surface area contributed by atoms with Crippen molar-refractivity contribution in [3.05, 3.63) is 0 Å². The third kappa shape index (κ3) is 11.2. The summed E-state index contributed by atoms with van der Waals surface area (Å²) in [5.74, 6) is 0. The monoisotopic (exact) mass is 180 g/mol. The van der Waals surface area contributed by atoms with Gasteiger partial charge in [-0.3, -0.25) is 0 Å². The van der Waals surface area contributed by atoms with Gasteiger partial charge in [-0.05, 0) is 0 Å². The van der Waals surface area contributed by atoms with Crippen LogP contribution in [0.1, 0.15) is 20.8 Å². The van der Waals surface area contributed by atoms with E-state index in [9.17, 15) is 10.2 Å². The predicted molar refractivity (Wildman–Crippen MR) is 23.2 cm³/mol. The number of hydrogen-bond acceptors (Lipinski definition) is 2. The van der Waals surface area contributed by atoms with Gasteiger partial charge in [-0.15, -0.1) is 0 Å². The molecule has 0 aromatic heterocycles. The van der Waals surface area contributed by atoms with Gasteiger partial charge in [0.1, 0.15) is 0 Å². The minimum absolute atomic E-state index is 0. The molecule has 0 aliphatic carbocycles. The van der Waals surface area contributed by atoms with E-state index in [0.717, 1.165) is 0 Å². The first kappa shape index (κ1) is 18.1. The Labute approximate surface area is 142 Å². The Hall–Kier alpha value is 3.19. The molecule has 0 radical (unpaired) electrons. The van der Waals surface area contributed by atoms with E-state index in [1.807, 2.05) is 0 Å². The topological polar surface area (TPSA) is 46.1 Å². The van der Waals surface area contributed by atoms with Gasteiger partial charge in [-0.1, -0.05) is 26.2 Å². The van der Waals surface area contributed by atoms with E-state index in [4.69, 9.17) is 0 Å². The van der Waals surface area contributed by atoms with Crippen molar-refractivity contribution in [1.82, 2.24) is 0 Å². The molecular weight excluding hydrogens is 170 g/mol. The molecule has 0 N–H and O–H groups in total. The third-order valence-electron chi connectivity index (χ3n) is 0.707. The van der Waals surface area contributed by atoms with E-state index in [2.05, 4.69) is 0 Å². The van der Waals surface area contributed by atoms with Crippen LogP contribution in [0.15, 0.2) is 0 Å². The Kier molecular flexibility index (Phi) is 15.7. The standard InChI is InChI=1S/C5H10O2.2K/c1-5(2,3)4(6)7;;/h4H,1-3H3;;/q-2;2*+1. The van der Waals surface area contributed by atoms with Gasteiger partial charge in [-0.2, -0.15) is 0 Å². The van der Waals surface area contributed by atoms with Crippen molar-refractivity contribution in [2.75, 3.05) is 0 Å². The molecule has 0 heterocycles. The normalized spacial score (nSPS) is 10.0. The average Bonchev–Trinajstić information content (AvgIpc) is 1.31. The van der Waals surface area contributed by atoms with Crippen molar-refractivity contribution in [1.29, 1.82) is 0 Å². The maximum atomic E-state index is 9.99. The molecule has 0 saturated carbocycles. The minimum atomic E-state index is -1.70. The fourth-order valence-corrected chi connectivity index (χ4v) is 0. The summed E-state index contributed by atoms with van der Waals surface area (Å²) >= 11 is 0. The molecular formula is C5H10K2O2. The van der Waals surface area contributed by atoms with E-state index in [1.54, 1.807) is 20.8 Å². The van der Waals surface area contributed by atoms with Crippen molar-refractivity contribution in [3.8, 4) is 0 Å². The van der Waals surface area contributed by atoms with E-state index in [0.29, 0.717) is 0 Å². The molecule has 2 nitrogen and oxygen atoms in total. The molecule has 0 rings (SSSR count). The van der Waals surface area contributed by atoms with Gasteiger partial charge >= 0.3 is 103 Å². The van der Waals surface area contributed by atoms with Crippen LogP contribution in [-0.4, -0.2) is 6.29 Å². The predicted octanol–water partition coefficient (Wildman–Crippen LogP) is -6.91. The van der Waals surface area contributed by atoms with Gasteiger partial charge in [0.15, 0.2) is 0 Å². The molecule has 9 heavy (non-hydrogen) atoms. The first-order chi connectivity index (χ1) is 2.94. The molecule has 0 aromatic carbocycles. The van der Waals surface area contributed by atoms with Crippen molar-refractivity contribution in [3.63, 3.8) is 0 Å². The molecule has 0 saturated heterocycles. The summed E-state index contributed by atoms with van der Waals surface area (Å²) in [6.45, 7) is 4.91. The Morgan fingerprint density at radius 3 is 1.11 bits per heavy atom. The fourth-order valence-electron chi connectivity index (χ4n) is 0. The Bertz CT molecular complexity index is 58.5. The van der Waals surface area contributed by atoms with E-state index >= 15 is 0 Å². The van der Waals surface area contributed by atoms with Gasteiger partial charge in [0.2, 0.25) is 0 Å². The zero-order chi connectivity index (χ0) is 6.08. The quantitative estimate of drug-likeness (QED) is 0.275. The average molecular weight is 180 g/mol. The SMILES string of the molecule is CC(C)(C)C([O-])[O-].[K+].[K+]. The Balaban J connectivity index is -0.000000180. The summed E-state index contributed by atoms with van der Waals surface area (Å²) in [7, 11) is 0. The van der Waals surface area contributed by atoms with Gasteiger partial charge in [0.05, 0.1) is 0 Å². The summed E-state index contributed by atoms with van der Waals surface area (Å²) in [6.07, 6.45) is -1.70. The molecule has 0 atom stereocenters. The molecule has 0 amide bonds. The third-order valence-corrected chi connectivity index (χ3v) is 0.707. The van der Waals surface area contributed by atoms with Crippen LogP contribution in [0.4, 0.5) is 0 Å². The van der Waals surface area contributed by atoms with E-state index in [-0.39, 0.29) is 103 Å². The van der Waals surface area contributed by atoms with Crippen molar-refractivity contribution in [2.45, 2.75) is 27.1 Å². The molecule has 0 aliphatic rings. The summed E-state index contributed by atoms with van der Waals surface area (Å²) in [4.78, 5) is 0. The second-order valence-electron chi connectivity index (χ2n) is 2.70. The maximum Gasteiger partial charge on any atom is 1.00 e. The van der Waals surface area contributed by atoms with Crippen LogP contribution in [0, 0.1) is 5.41 Å². The van der Waals surface area contributed by atoms with Crippen LogP contribution in [0.3, 0.4) is 0 Å². The van der Waals surface area contributed by atoms with Crippen LogP contribution >= 0.6 is 0 Å². The van der Waals surface area contributed by atoms with Crippen LogP contribution in [0.2, 0.25) is 0 Å². The Morgan fingerprint density at radius 1 is 1.00 bits per heavy atom. The molecule has 0 bridgehead atoms. The number of hydrogen-bond donors (Lipinski definition) is 0. The number of rotatable bonds is 0. The van der Waals surface area contributed by atoms with Gasteiger partial charge in [0.25, 0.3) is 0 Å². The van der Waals surface area contributed by atoms with E-state index < -0.39 is 11.7 Å². The summed E-state index contributed by atoms with van der Waals surface area (Å²) in [6, 6.07) is 0. The van der Waals surface area contributed by atoms with Crippen LogP contribution < -0.4 is 113 Å². The Morgan fingerprint density at radius 2 is 1.11 bits per heavy atom. The molecule has 0 aliphatic heterocycles. The molecule has 0 fully saturated rings. The minimum Gasteiger partial charge on any atom is -0.865 e. The van der Waals surface area contributed by atoms with Crippen LogP contribution in [0.25, 0.3) is 0 Å². The fraction of sp³-hybridized carbons (Fsp3) is 1.00. The molecule has 0 unspecified atom stereocenters.